The van der Waals surface area contributed by atoms with E-state index in [0.29, 0.717) is 18.7 Å². The van der Waals surface area contributed by atoms with Crippen molar-refractivity contribution in [3.63, 3.8) is 0 Å². The summed E-state index contributed by atoms with van der Waals surface area (Å²) in [7, 11) is 0. The van der Waals surface area contributed by atoms with Gasteiger partial charge in [-0.25, -0.2) is 0 Å². The quantitative estimate of drug-likeness (QED) is 0.488. The Kier molecular flexibility index (Phi) is 5.29. The molecule has 4 aromatic rings. The summed E-state index contributed by atoms with van der Waals surface area (Å²) in [5.74, 6) is -0.0760. The van der Waals surface area contributed by atoms with Crippen LogP contribution in [0.3, 0.4) is 0 Å². The van der Waals surface area contributed by atoms with Crippen molar-refractivity contribution in [2.45, 2.75) is 13.0 Å². The van der Waals surface area contributed by atoms with E-state index < -0.39 is 0 Å². The molecule has 6 nitrogen and oxygen atoms in total. The molecule has 2 aliphatic rings. The number of carbonyl (C=O) groups excluding carboxylic acids is 2. The molecule has 1 aromatic heterocycles. The summed E-state index contributed by atoms with van der Waals surface area (Å²) in [6, 6.07) is 25.9. The first-order valence-electron chi connectivity index (χ1n) is 12.2. The Morgan fingerprint density at radius 3 is 2.37 bits per heavy atom. The number of nitrogens with zero attached hydrogens (tertiary/aromatic N) is 3. The van der Waals surface area contributed by atoms with Gasteiger partial charge in [0.25, 0.3) is 5.91 Å². The van der Waals surface area contributed by atoms with Crippen molar-refractivity contribution in [2.75, 3.05) is 37.6 Å². The second-order valence-electron chi connectivity index (χ2n) is 9.34. The summed E-state index contributed by atoms with van der Waals surface area (Å²) in [5.41, 5.74) is 5.96. The third kappa shape index (κ3) is 3.66. The summed E-state index contributed by atoms with van der Waals surface area (Å²) >= 11 is 0. The molecule has 0 saturated carbocycles. The number of fused-ring (bicyclic) bond motifs is 2. The standard InChI is InChI=1S/C29H28N4O2/c1-20-27(24-13-7-8-14-25(24)30-20)28-22-11-5-6-12-23(22)29(35)33(28)19-26(34)32-17-15-31(16-18-32)21-9-3-2-4-10-21/h2-14,28,30H,15-19H2,1H3/t28-/m1/s1. The number of aromatic amines is 1. The number of hydrogen-bond donors (Lipinski definition) is 1. The van der Waals surface area contributed by atoms with Gasteiger partial charge in [0, 0.05) is 59.6 Å². The number of hydrogen-bond acceptors (Lipinski definition) is 3. The molecule has 2 amide bonds. The van der Waals surface area contributed by atoms with Crippen molar-refractivity contribution in [3.05, 3.63) is 101 Å². The molecular formula is C29H28N4O2. The van der Waals surface area contributed by atoms with Gasteiger partial charge in [-0.3, -0.25) is 9.59 Å². The summed E-state index contributed by atoms with van der Waals surface area (Å²) in [6.45, 7) is 4.99. The average molecular weight is 465 g/mol. The van der Waals surface area contributed by atoms with Gasteiger partial charge in [0.1, 0.15) is 6.54 Å². The van der Waals surface area contributed by atoms with Crippen LogP contribution in [-0.4, -0.2) is 59.3 Å². The van der Waals surface area contributed by atoms with Crippen molar-refractivity contribution in [1.82, 2.24) is 14.8 Å². The van der Waals surface area contributed by atoms with E-state index in [2.05, 4.69) is 34.1 Å². The van der Waals surface area contributed by atoms with Crippen LogP contribution < -0.4 is 4.90 Å². The molecule has 1 saturated heterocycles. The van der Waals surface area contributed by atoms with E-state index in [0.717, 1.165) is 40.8 Å². The Bertz CT molecular complexity index is 1400. The monoisotopic (exact) mass is 464 g/mol. The molecular weight excluding hydrogens is 436 g/mol. The molecule has 3 aromatic carbocycles. The highest BCUT2D eigenvalue weighted by molar-refractivity contribution is 6.02. The smallest absolute Gasteiger partial charge is 0.255 e. The zero-order chi connectivity index (χ0) is 23.9. The Labute approximate surface area is 204 Å². The zero-order valence-corrected chi connectivity index (χ0v) is 19.8. The summed E-state index contributed by atoms with van der Waals surface area (Å²) in [5, 5.41) is 1.09. The van der Waals surface area contributed by atoms with Crippen LogP contribution in [0.15, 0.2) is 78.9 Å². The van der Waals surface area contributed by atoms with Crippen LogP contribution in [0.2, 0.25) is 0 Å². The lowest BCUT2D eigenvalue weighted by atomic mass is 9.95. The number of benzene rings is 3. The van der Waals surface area contributed by atoms with E-state index >= 15 is 0 Å². The fraction of sp³-hybridized carbons (Fsp3) is 0.241. The summed E-state index contributed by atoms with van der Waals surface area (Å²) < 4.78 is 0. The number of rotatable bonds is 4. The largest absolute Gasteiger partial charge is 0.368 e. The molecule has 6 heteroatoms. The summed E-state index contributed by atoms with van der Waals surface area (Å²) in [4.78, 5) is 36.4. The Balaban J connectivity index is 1.27. The lowest BCUT2D eigenvalue weighted by Gasteiger charge is -2.37. The Hall–Kier alpha value is -4.06. The van der Waals surface area contributed by atoms with E-state index in [1.807, 2.05) is 66.4 Å². The van der Waals surface area contributed by atoms with Crippen LogP contribution >= 0.6 is 0 Å². The molecule has 0 spiro atoms. The number of piperazine rings is 1. The van der Waals surface area contributed by atoms with Gasteiger partial charge in [0.15, 0.2) is 0 Å². The second kappa shape index (κ2) is 8.62. The average Bonchev–Trinajstić information content (AvgIpc) is 3.37. The highest BCUT2D eigenvalue weighted by atomic mass is 16.2. The van der Waals surface area contributed by atoms with E-state index in [1.54, 1.807) is 4.90 Å². The molecule has 176 valence electrons. The fourth-order valence-corrected chi connectivity index (χ4v) is 5.59. The maximum absolute atomic E-state index is 13.5. The third-order valence-electron chi connectivity index (χ3n) is 7.33. The number of carbonyl (C=O) groups is 2. The summed E-state index contributed by atoms with van der Waals surface area (Å²) in [6.07, 6.45) is 0. The first-order chi connectivity index (χ1) is 17.1. The van der Waals surface area contributed by atoms with Gasteiger partial charge >= 0.3 is 0 Å². The van der Waals surface area contributed by atoms with Crippen LogP contribution in [0.1, 0.15) is 33.2 Å². The molecule has 0 radical (unpaired) electrons. The van der Waals surface area contributed by atoms with Crippen LogP contribution in [0, 0.1) is 6.92 Å². The van der Waals surface area contributed by atoms with Gasteiger partial charge in [-0.1, -0.05) is 54.6 Å². The van der Waals surface area contributed by atoms with Gasteiger partial charge in [-0.05, 0) is 36.8 Å². The highest BCUT2D eigenvalue weighted by Crippen LogP contribution is 2.42. The zero-order valence-electron chi connectivity index (χ0n) is 19.8. The maximum Gasteiger partial charge on any atom is 0.255 e. The SMILES string of the molecule is Cc1[nH]c2ccccc2c1[C@H]1c2ccccc2C(=O)N1CC(=O)N1CCN(c2ccccc2)CC1. The van der Waals surface area contributed by atoms with E-state index in [9.17, 15) is 9.59 Å². The maximum atomic E-state index is 13.5. The minimum atomic E-state index is -0.288. The molecule has 35 heavy (non-hydrogen) atoms. The van der Waals surface area contributed by atoms with Crippen LogP contribution in [0.4, 0.5) is 5.69 Å². The normalized spacial score (nSPS) is 17.8. The van der Waals surface area contributed by atoms with Gasteiger partial charge in [0.2, 0.25) is 5.91 Å². The second-order valence-corrected chi connectivity index (χ2v) is 9.34. The van der Waals surface area contributed by atoms with Crippen molar-refractivity contribution < 1.29 is 9.59 Å². The number of amides is 2. The van der Waals surface area contributed by atoms with Gasteiger partial charge in [-0.15, -0.1) is 0 Å². The van der Waals surface area contributed by atoms with E-state index in [-0.39, 0.29) is 24.4 Å². The van der Waals surface area contributed by atoms with Gasteiger partial charge in [0.05, 0.1) is 6.04 Å². The van der Waals surface area contributed by atoms with Gasteiger partial charge < -0.3 is 19.7 Å². The van der Waals surface area contributed by atoms with Crippen LogP contribution in [-0.2, 0) is 4.79 Å². The predicted octanol–water partition coefficient (Wildman–Crippen LogP) is 4.37. The van der Waals surface area contributed by atoms with Crippen molar-refractivity contribution in [1.29, 1.82) is 0 Å². The topological polar surface area (TPSA) is 59.7 Å². The lowest BCUT2D eigenvalue weighted by molar-refractivity contribution is -0.132. The number of anilines is 1. The molecule has 1 fully saturated rings. The number of aryl methyl sites for hydroxylation is 1. The fourth-order valence-electron chi connectivity index (χ4n) is 5.59. The molecule has 0 aliphatic carbocycles. The molecule has 1 N–H and O–H groups in total. The number of nitrogens with one attached hydrogen (secondary N) is 1. The Morgan fingerprint density at radius 2 is 1.57 bits per heavy atom. The molecule has 0 unspecified atom stereocenters. The predicted molar refractivity (Wildman–Crippen MR) is 138 cm³/mol. The van der Waals surface area contributed by atoms with E-state index in [1.165, 1.54) is 5.69 Å². The lowest BCUT2D eigenvalue weighted by Crippen LogP contribution is -2.51. The number of para-hydroxylation sites is 2. The van der Waals surface area contributed by atoms with Crippen molar-refractivity contribution in [3.8, 4) is 0 Å². The van der Waals surface area contributed by atoms with Crippen LogP contribution in [0.25, 0.3) is 10.9 Å². The van der Waals surface area contributed by atoms with Crippen molar-refractivity contribution >= 4 is 28.4 Å². The number of H-pyrrole nitrogens is 1. The number of aromatic nitrogens is 1. The van der Waals surface area contributed by atoms with Crippen molar-refractivity contribution in [2.24, 2.45) is 0 Å². The first-order valence-corrected chi connectivity index (χ1v) is 12.2. The first kappa shape index (κ1) is 21.5. The molecule has 6 rings (SSSR count). The molecule has 3 heterocycles. The third-order valence-corrected chi connectivity index (χ3v) is 7.33. The molecule has 1 atom stereocenters. The van der Waals surface area contributed by atoms with Crippen LogP contribution in [0.5, 0.6) is 0 Å². The Morgan fingerprint density at radius 1 is 0.886 bits per heavy atom. The molecule has 2 aliphatic heterocycles. The van der Waals surface area contributed by atoms with Gasteiger partial charge in [-0.2, -0.15) is 0 Å². The minimum Gasteiger partial charge on any atom is -0.368 e. The van der Waals surface area contributed by atoms with E-state index in [4.69, 9.17) is 0 Å². The molecule has 0 bridgehead atoms. The highest BCUT2D eigenvalue weighted by Gasteiger charge is 2.41. The minimum absolute atomic E-state index is 0.00126.